The lowest BCUT2D eigenvalue weighted by atomic mass is 9.97. The van der Waals surface area contributed by atoms with Gasteiger partial charge in [0, 0.05) is 17.2 Å². The minimum atomic E-state index is -5.25. The van der Waals surface area contributed by atoms with E-state index in [1.165, 1.54) is 12.1 Å². The summed E-state index contributed by atoms with van der Waals surface area (Å²) >= 11 is 0. The fourth-order valence-electron chi connectivity index (χ4n) is 5.54. The zero-order chi connectivity index (χ0) is 38.0. The van der Waals surface area contributed by atoms with Crippen molar-refractivity contribution in [1.82, 2.24) is 0 Å². The zero-order valence-corrected chi connectivity index (χ0v) is 26.9. The van der Waals surface area contributed by atoms with E-state index in [1.807, 2.05) is 24.3 Å². The van der Waals surface area contributed by atoms with E-state index >= 15 is 22.0 Å². The first-order chi connectivity index (χ1) is 24.5. The molecule has 0 aliphatic rings. The maximum absolute atomic E-state index is 15.2. The first-order valence-electron chi connectivity index (χ1n) is 15.7. The van der Waals surface area contributed by atoms with Crippen molar-refractivity contribution in [3.63, 3.8) is 0 Å². The van der Waals surface area contributed by atoms with Crippen LogP contribution in [-0.2, 0) is 12.5 Å². The van der Waals surface area contributed by atoms with E-state index in [4.69, 9.17) is 0 Å². The molecule has 5 aromatic carbocycles. The molecule has 0 aliphatic heterocycles. The second-order valence-corrected chi connectivity index (χ2v) is 11.8. The molecule has 0 amide bonds. The molecule has 52 heavy (non-hydrogen) atoms. The summed E-state index contributed by atoms with van der Waals surface area (Å²) in [5.41, 5.74) is -3.31. The van der Waals surface area contributed by atoms with Crippen LogP contribution < -0.4 is 4.74 Å². The molecule has 0 bridgehead atoms. The maximum Gasteiger partial charge on any atom is 0.432 e. The number of allylic oxidation sites excluding steroid dienone is 1. The highest BCUT2D eigenvalue weighted by Crippen LogP contribution is 2.40. The van der Waals surface area contributed by atoms with Crippen molar-refractivity contribution in [3.8, 4) is 39.1 Å². The minimum Gasteiger partial charge on any atom is -0.429 e. The van der Waals surface area contributed by atoms with Crippen LogP contribution >= 0.6 is 0 Å². The molecule has 0 fully saturated rings. The van der Waals surface area contributed by atoms with Crippen molar-refractivity contribution in [3.05, 3.63) is 143 Å². The third-order valence-corrected chi connectivity index (χ3v) is 8.04. The van der Waals surface area contributed by atoms with Crippen molar-refractivity contribution >= 4 is 5.83 Å². The van der Waals surface area contributed by atoms with Crippen LogP contribution in [0.2, 0.25) is 0 Å². The van der Waals surface area contributed by atoms with Gasteiger partial charge >= 0.3 is 12.3 Å². The number of hydrogen-bond donors (Lipinski definition) is 0. The normalized spacial score (nSPS) is 12.4. The highest BCUT2D eigenvalue weighted by atomic mass is 19.4. The number of alkyl halides is 5. The molecule has 0 heterocycles. The predicted molar refractivity (Wildman–Crippen MR) is 172 cm³/mol. The first kappa shape index (κ1) is 38.0. The molecule has 0 spiro atoms. The topological polar surface area (TPSA) is 9.23 Å². The number of unbranched alkanes of at least 4 members (excludes halogenated alkanes) is 2. The average molecular weight is 739 g/mol. The summed E-state index contributed by atoms with van der Waals surface area (Å²) in [5.74, 6) is -12.9. The summed E-state index contributed by atoms with van der Waals surface area (Å²) in [6.07, 6.45) is -6.90. The summed E-state index contributed by atoms with van der Waals surface area (Å²) in [7, 11) is 0. The molecule has 272 valence electrons. The standard InChI is InChI=1S/C39H26F12O/c1-2-3-4-5-21-6-8-22(9-7-21)23-10-12-27(29(40)14-23)25-17-33(44)37(34(45)18-25)39(50,51)52-26-11-13-28(30(41)19-26)24-15-31(42)36(32(43)16-24)35(46)20-38(47,48)49/h6-20H,2-5H2,1H3. The molecule has 0 saturated heterocycles. The van der Waals surface area contributed by atoms with Gasteiger partial charge in [-0.2, -0.15) is 22.0 Å². The lowest BCUT2D eigenvalue weighted by molar-refractivity contribution is -0.189. The maximum atomic E-state index is 15.2. The Morgan fingerprint density at radius 2 is 1.08 bits per heavy atom. The molecule has 1 nitrogen and oxygen atoms in total. The lowest BCUT2D eigenvalue weighted by Gasteiger charge is -2.20. The average Bonchev–Trinajstić information content (AvgIpc) is 3.03. The largest absolute Gasteiger partial charge is 0.432 e. The highest BCUT2D eigenvalue weighted by Gasteiger charge is 2.41. The van der Waals surface area contributed by atoms with E-state index in [2.05, 4.69) is 11.7 Å². The van der Waals surface area contributed by atoms with Crippen molar-refractivity contribution in [2.75, 3.05) is 0 Å². The molecule has 13 heteroatoms. The van der Waals surface area contributed by atoms with Gasteiger partial charge in [0.05, 0.1) is 11.6 Å². The van der Waals surface area contributed by atoms with Crippen LogP contribution in [0.3, 0.4) is 0 Å². The molecule has 0 radical (unpaired) electrons. The summed E-state index contributed by atoms with van der Waals surface area (Å²) < 4.78 is 175. The molecule has 0 aliphatic carbocycles. The van der Waals surface area contributed by atoms with E-state index in [9.17, 15) is 30.7 Å². The second-order valence-electron chi connectivity index (χ2n) is 11.8. The van der Waals surface area contributed by atoms with Gasteiger partial charge < -0.3 is 4.74 Å². The van der Waals surface area contributed by atoms with Crippen LogP contribution in [0.25, 0.3) is 39.2 Å². The second kappa shape index (κ2) is 15.2. The Kier molecular flexibility index (Phi) is 11.1. The zero-order valence-electron chi connectivity index (χ0n) is 26.9. The van der Waals surface area contributed by atoms with Gasteiger partial charge in [-0.3, -0.25) is 0 Å². The number of aryl methyl sites for hydroxylation is 1. The van der Waals surface area contributed by atoms with E-state index in [1.54, 1.807) is 0 Å². The quantitative estimate of drug-likeness (QED) is 0.0969. The van der Waals surface area contributed by atoms with Gasteiger partial charge in [-0.1, -0.05) is 56.2 Å². The SMILES string of the molecule is CCCCCc1ccc(-c2ccc(-c3cc(F)c(C(F)(F)Oc4ccc(-c5cc(F)c(C(F)=CC(F)(F)F)c(F)c5)c(F)c4)c(F)c3)c(F)c2)cc1. The fraction of sp³-hybridized carbons (Fsp3) is 0.179. The number of rotatable bonds is 11. The Balaban J connectivity index is 1.35. The lowest BCUT2D eigenvalue weighted by Crippen LogP contribution is -2.25. The Morgan fingerprint density at radius 1 is 0.577 bits per heavy atom. The number of ether oxygens (including phenoxy) is 1. The number of benzene rings is 5. The third-order valence-electron chi connectivity index (χ3n) is 8.04. The van der Waals surface area contributed by atoms with E-state index in [0.717, 1.165) is 37.3 Å². The monoisotopic (exact) mass is 738 g/mol. The van der Waals surface area contributed by atoms with Gasteiger partial charge in [0.2, 0.25) is 0 Å². The molecule has 5 aromatic rings. The van der Waals surface area contributed by atoms with Gasteiger partial charge in [0.1, 0.15) is 52.0 Å². The van der Waals surface area contributed by atoms with Gasteiger partial charge in [0.25, 0.3) is 0 Å². The molecular formula is C39H26F12O. The first-order valence-corrected chi connectivity index (χ1v) is 15.7. The van der Waals surface area contributed by atoms with Gasteiger partial charge in [0.15, 0.2) is 0 Å². The van der Waals surface area contributed by atoms with E-state index in [0.29, 0.717) is 47.5 Å². The summed E-state index contributed by atoms with van der Waals surface area (Å²) in [6, 6.07) is 14.5. The predicted octanol–water partition coefficient (Wildman–Crippen LogP) is 13.3. The summed E-state index contributed by atoms with van der Waals surface area (Å²) in [6.45, 7) is 2.10. The summed E-state index contributed by atoms with van der Waals surface area (Å²) in [5, 5.41) is 0. The molecule has 0 unspecified atom stereocenters. The van der Waals surface area contributed by atoms with Crippen LogP contribution in [0.4, 0.5) is 52.7 Å². The van der Waals surface area contributed by atoms with Gasteiger partial charge in [-0.15, -0.1) is 0 Å². The molecular weight excluding hydrogens is 712 g/mol. The smallest absolute Gasteiger partial charge is 0.429 e. The Bertz CT molecular complexity index is 2070. The van der Waals surface area contributed by atoms with Crippen LogP contribution in [0.15, 0.2) is 91.0 Å². The van der Waals surface area contributed by atoms with Crippen LogP contribution in [0.1, 0.15) is 42.9 Å². The van der Waals surface area contributed by atoms with Crippen LogP contribution in [0, 0.1) is 34.9 Å². The van der Waals surface area contributed by atoms with Crippen LogP contribution in [0.5, 0.6) is 5.75 Å². The van der Waals surface area contributed by atoms with Crippen molar-refractivity contribution in [2.24, 2.45) is 0 Å². The van der Waals surface area contributed by atoms with E-state index in [-0.39, 0.29) is 11.6 Å². The van der Waals surface area contributed by atoms with Crippen LogP contribution in [-0.4, -0.2) is 6.18 Å². The van der Waals surface area contributed by atoms with E-state index < -0.39 is 92.7 Å². The van der Waals surface area contributed by atoms with Crippen molar-refractivity contribution < 1.29 is 57.4 Å². The Hall–Kier alpha value is -5.20. The Labute approximate surface area is 289 Å². The minimum absolute atomic E-state index is 0.286. The number of halogens is 12. The third kappa shape index (κ3) is 8.63. The van der Waals surface area contributed by atoms with Gasteiger partial charge in [-0.05, 0) is 83.1 Å². The molecule has 0 aromatic heterocycles. The molecule has 0 saturated carbocycles. The molecule has 0 N–H and O–H groups in total. The summed E-state index contributed by atoms with van der Waals surface area (Å²) in [4.78, 5) is 0. The van der Waals surface area contributed by atoms with Gasteiger partial charge in [-0.25, -0.2) is 30.7 Å². The fourth-order valence-corrected chi connectivity index (χ4v) is 5.54. The highest BCUT2D eigenvalue weighted by molar-refractivity contribution is 5.72. The Morgan fingerprint density at radius 3 is 1.60 bits per heavy atom. The van der Waals surface area contributed by atoms with Crippen molar-refractivity contribution in [2.45, 2.75) is 44.9 Å². The van der Waals surface area contributed by atoms with Crippen molar-refractivity contribution in [1.29, 1.82) is 0 Å². The molecule has 5 rings (SSSR count). The molecule has 0 atom stereocenters. The number of hydrogen-bond acceptors (Lipinski definition) is 1.